The maximum Gasteiger partial charge on any atom is 0.151 e. The predicted molar refractivity (Wildman–Crippen MR) is 68.8 cm³/mol. The quantitative estimate of drug-likeness (QED) is 0.719. The van der Waals surface area contributed by atoms with Gasteiger partial charge in [-0.05, 0) is 39.3 Å². The lowest BCUT2D eigenvalue weighted by Gasteiger charge is -2.30. The Bertz CT molecular complexity index is 343. The van der Waals surface area contributed by atoms with E-state index in [0.717, 1.165) is 25.9 Å². The van der Waals surface area contributed by atoms with Crippen molar-refractivity contribution in [1.82, 2.24) is 4.90 Å². The lowest BCUT2D eigenvalue weighted by atomic mass is 9.93. The Morgan fingerprint density at radius 2 is 1.82 bits per heavy atom. The standard InChI is InChI=1S/C12H23NO3S/c1-3-9-17(15,16)10-8-13-6-4-12(5-7-13)11(2)14/h12H,3-10H2,1-2H3. The van der Waals surface area contributed by atoms with Crippen molar-refractivity contribution in [2.24, 2.45) is 5.92 Å². The lowest BCUT2D eigenvalue weighted by molar-refractivity contribution is -0.122. The van der Waals surface area contributed by atoms with Crippen molar-refractivity contribution in [3.05, 3.63) is 0 Å². The molecule has 1 aliphatic heterocycles. The fourth-order valence-corrected chi connectivity index (χ4v) is 3.61. The van der Waals surface area contributed by atoms with Gasteiger partial charge in [-0.3, -0.25) is 4.79 Å². The van der Waals surface area contributed by atoms with E-state index >= 15 is 0 Å². The summed E-state index contributed by atoms with van der Waals surface area (Å²) >= 11 is 0. The molecule has 1 heterocycles. The highest BCUT2D eigenvalue weighted by Crippen LogP contribution is 2.17. The number of carbonyl (C=O) groups excluding carboxylic acids is 1. The van der Waals surface area contributed by atoms with Gasteiger partial charge in [-0.2, -0.15) is 0 Å². The molecular weight excluding hydrogens is 238 g/mol. The molecular formula is C12H23NO3S. The summed E-state index contributed by atoms with van der Waals surface area (Å²) in [7, 11) is -2.87. The smallest absolute Gasteiger partial charge is 0.151 e. The van der Waals surface area contributed by atoms with Crippen LogP contribution in [0.25, 0.3) is 0 Å². The van der Waals surface area contributed by atoms with Crippen LogP contribution in [0.1, 0.15) is 33.1 Å². The Hall–Kier alpha value is -0.420. The summed E-state index contributed by atoms with van der Waals surface area (Å²) in [6, 6.07) is 0. The van der Waals surface area contributed by atoms with E-state index in [1.54, 1.807) is 6.92 Å². The molecule has 0 aromatic rings. The molecule has 1 rings (SSSR count). The van der Waals surface area contributed by atoms with Crippen molar-refractivity contribution in [2.75, 3.05) is 31.1 Å². The van der Waals surface area contributed by atoms with Gasteiger partial charge in [-0.25, -0.2) is 8.42 Å². The molecule has 5 heteroatoms. The fraction of sp³-hybridized carbons (Fsp3) is 0.917. The van der Waals surface area contributed by atoms with E-state index in [9.17, 15) is 13.2 Å². The first kappa shape index (κ1) is 14.6. The second-order valence-corrected chi connectivity index (χ2v) is 7.18. The van der Waals surface area contributed by atoms with Crippen LogP contribution in [0.2, 0.25) is 0 Å². The second-order valence-electron chi connectivity index (χ2n) is 4.88. The molecule has 0 aromatic carbocycles. The molecule has 0 atom stereocenters. The van der Waals surface area contributed by atoms with Gasteiger partial charge in [0.2, 0.25) is 0 Å². The van der Waals surface area contributed by atoms with E-state index in [2.05, 4.69) is 4.90 Å². The second kappa shape index (κ2) is 6.50. The summed E-state index contributed by atoms with van der Waals surface area (Å²) < 4.78 is 23.1. The predicted octanol–water partition coefficient (Wildman–Crippen LogP) is 1.11. The molecule has 0 N–H and O–H groups in total. The van der Waals surface area contributed by atoms with Gasteiger partial charge in [-0.15, -0.1) is 0 Å². The number of rotatable bonds is 6. The Balaban J connectivity index is 2.29. The lowest BCUT2D eigenvalue weighted by Crippen LogP contribution is -2.38. The number of hydrogen-bond donors (Lipinski definition) is 0. The van der Waals surface area contributed by atoms with Gasteiger partial charge in [0.05, 0.1) is 5.75 Å². The molecule has 1 aliphatic rings. The normalized spacial score (nSPS) is 19.4. The van der Waals surface area contributed by atoms with Crippen LogP contribution >= 0.6 is 0 Å². The Kier molecular flexibility index (Phi) is 5.59. The van der Waals surface area contributed by atoms with E-state index in [-0.39, 0.29) is 23.2 Å². The number of Topliss-reactive ketones (excluding diaryl/α,β-unsaturated/α-hetero) is 1. The van der Waals surface area contributed by atoms with Crippen LogP contribution in [0.15, 0.2) is 0 Å². The Morgan fingerprint density at radius 3 is 2.29 bits per heavy atom. The van der Waals surface area contributed by atoms with Crippen LogP contribution in [-0.4, -0.2) is 50.2 Å². The first-order chi connectivity index (χ1) is 7.94. The number of likely N-dealkylation sites (tertiary alicyclic amines) is 1. The van der Waals surface area contributed by atoms with Gasteiger partial charge in [0.15, 0.2) is 9.84 Å². The molecule has 0 spiro atoms. The van der Waals surface area contributed by atoms with Crippen molar-refractivity contribution in [3.8, 4) is 0 Å². The molecule has 0 amide bonds. The highest BCUT2D eigenvalue weighted by atomic mass is 32.2. The molecule has 0 unspecified atom stereocenters. The van der Waals surface area contributed by atoms with Crippen LogP contribution in [0, 0.1) is 5.92 Å². The summed E-state index contributed by atoms with van der Waals surface area (Å²) in [4.78, 5) is 13.4. The van der Waals surface area contributed by atoms with Gasteiger partial charge >= 0.3 is 0 Å². The highest BCUT2D eigenvalue weighted by molar-refractivity contribution is 7.91. The molecule has 0 saturated carbocycles. The van der Waals surface area contributed by atoms with Crippen LogP contribution < -0.4 is 0 Å². The molecule has 0 aliphatic carbocycles. The molecule has 0 aromatic heterocycles. The van der Waals surface area contributed by atoms with Gasteiger partial charge < -0.3 is 4.90 Å². The molecule has 100 valence electrons. The van der Waals surface area contributed by atoms with E-state index in [1.165, 1.54) is 0 Å². The molecule has 0 bridgehead atoms. The van der Waals surface area contributed by atoms with Crippen molar-refractivity contribution in [1.29, 1.82) is 0 Å². The first-order valence-corrected chi connectivity index (χ1v) is 8.20. The van der Waals surface area contributed by atoms with Gasteiger partial charge in [0.1, 0.15) is 5.78 Å². The number of nitrogens with zero attached hydrogens (tertiary/aromatic N) is 1. The van der Waals surface area contributed by atoms with E-state index in [4.69, 9.17) is 0 Å². The van der Waals surface area contributed by atoms with Crippen LogP contribution in [-0.2, 0) is 14.6 Å². The van der Waals surface area contributed by atoms with Crippen LogP contribution in [0.3, 0.4) is 0 Å². The summed E-state index contributed by atoms with van der Waals surface area (Å²) in [5.41, 5.74) is 0. The van der Waals surface area contributed by atoms with Gasteiger partial charge in [0.25, 0.3) is 0 Å². The number of piperidine rings is 1. The third kappa shape index (κ3) is 5.17. The molecule has 4 nitrogen and oxygen atoms in total. The minimum absolute atomic E-state index is 0.193. The van der Waals surface area contributed by atoms with Crippen molar-refractivity contribution in [2.45, 2.75) is 33.1 Å². The average molecular weight is 261 g/mol. The molecule has 0 radical (unpaired) electrons. The summed E-state index contributed by atoms with van der Waals surface area (Å²) in [5, 5.41) is 0. The number of hydrogen-bond acceptors (Lipinski definition) is 4. The number of carbonyl (C=O) groups is 1. The third-order valence-electron chi connectivity index (χ3n) is 3.40. The molecule has 1 fully saturated rings. The van der Waals surface area contributed by atoms with Crippen molar-refractivity contribution in [3.63, 3.8) is 0 Å². The Morgan fingerprint density at radius 1 is 1.24 bits per heavy atom. The van der Waals surface area contributed by atoms with Gasteiger partial charge in [0, 0.05) is 18.2 Å². The van der Waals surface area contributed by atoms with Gasteiger partial charge in [-0.1, -0.05) is 6.92 Å². The third-order valence-corrected chi connectivity index (χ3v) is 5.23. The highest BCUT2D eigenvalue weighted by Gasteiger charge is 2.23. The van der Waals surface area contributed by atoms with E-state index in [1.807, 2.05) is 6.92 Å². The van der Waals surface area contributed by atoms with Crippen molar-refractivity contribution < 1.29 is 13.2 Å². The van der Waals surface area contributed by atoms with Crippen LogP contribution in [0.5, 0.6) is 0 Å². The summed E-state index contributed by atoms with van der Waals surface area (Å²) in [6.07, 6.45) is 2.45. The maximum atomic E-state index is 11.6. The maximum absolute atomic E-state index is 11.6. The minimum Gasteiger partial charge on any atom is -0.302 e. The van der Waals surface area contributed by atoms with Crippen LogP contribution in [0.4, 0.5) is 0 Å². The number of ketones is 1. The zero-order valence-corrected chi connectivity index (χ0v) is 11.6. The summed E-state index contributed by atoms with van der Waals surface area (Å²) in [5.74, 6) is 1.00. The average Bonchev–Trinajstić information content (AvgIpc) is 2.27. The Labute approximate surface area is 104 Å². The van der Waals surface area contributed by atoms with Crippen molar-refractivity contribution >= 4 is 15.6 Å². The zero-order valence-electron chi connectivity index (χ0n) is 10.8. The number of sulfone groups is 1. The molecule has 17 heavy (non-hydrogen) atoms. The monoisotopic (exact) mass is 261 g/mol. The SMILES string of the molecule is CCCS(=O)(=O)CCN1CCC(C(C)=O)CC1. The summed E-state index contributed by atoms with van der Waals surface area (Å²) in [6.45, 7) is 5.85. The zero-order chi connectivity index (χ0) is 12.9. The minimum atomic E-state index is -2.87. The molecule has 1 saturated heterocycles. The largest absolute Gasteiger partial charge is 0.302 e. The van der Waals surface area contributed by atoms with E-state index < -0.39 is 9.84 Å². The topological polar surface area (TPSA) is 54.5 Å². The van der Waals surface area contributed by atoms with E-state index in [0.29, 0.717) is 13.0 Å². The first-order valence-electron chi connectivity index (χ1n) is 6.38. The fourth-order valence-electron chi connectivity index (χ4n) is 2.24.